The molecule has 0 radical (unpaired) electrons. The maximum atomic E-state index is 11.0. The predicted molar refractivity (Wildman–Crippen MR) is 63.6 cm³/mol. The average molecular weight is 234 g/mol. The van der Waals surface area contributed by atoms with E-state index >= 15 is 0 Å². The van der Waals surface area contributed by atoms with Crippen LogP contribution in [0.3, 0.4) is 0 Å². The van der Waals surface area contributed by atoms with Gasteiger partial charge in [-0.2, -0.15) is 0 Å². The lowest BCUT2D eigenvalue weighted by atomic mass is 10.1. The molecule has 1 saturated heterocycles. The summed E-state index contributed by atoms with van der Waals surface area (Å²) < 4.78 is 4.87. The fraction of sp³-hybridized carbons (Fsp3) is 0.900. The van der Waals surface area contributed by atoms with Gasteiger partial charge in [-0.05, 0) is 26.2 Å². The van der Waals surface area contributed by atoms with Crippen molar-refractivity contribution in [1.82, 2.24) is 0 Å². The zero-order valence-electron chi connectivity index (χ0n) is 8.66. The predicted octanol–water partition coefficient (Wildman–Crippen LogP) is 3.26. The molecule has 4 heteroatoms. The van der Waals surface area contributed by atoms with Gasteiger partial charge in [0.05, 0.1) is 6.61 Å². The van der Waals surface area contributed by atoms with Gasteiger partial charge in [-0.15, -0.1) is 0 Å². The molecule has 0 unspecified atom stereocenters. The number of ether oxygens (including phenoxy) is 1. The van der Waals surface area contributed by atoms with Crippen molar-refractivity contribution in [2.75, 3.05) is 12.4 Å². The molecule has 0 aromatic carbocycles. The van der Waals surface area contributed by atoms with Gasteiger partial charge in [0.1, 0.15) is 0 Å². The largest absolute Gasteiger partial charge is 0.466 e. The molecular formula is C10H18O2S2. The SMILES string of the molecule is CCOC(=O)CCCC[C@@H]1CCSS1. The van der Waals surface area contributed by atoms with E-state index in [2.05, 4.69) is 0 Å². The van der Waals surface area contributed by atoms with E-state index in [0.29, 0.717) is 13.0 Å². The highest BCUT2D eigenvalue weighted by molar-refractivity contribution is 8.77. The number of rotatable bonds is 6. The molecule has 1 aliphatic heterocycles. The summed E-state index contributed by atoms with van der Waals surface area (Å²) in [6.07, 6.45) is 5.35. The Morgan fingerprint density at radius 3 is 3.00 bits per heavy atom. The van der Waals surface area contributed by atoms with Crippen molar-refractivity contribution >= 4 is 27.6 Å². The number of esters is 1. The number of hydrogen-bond acceptors (Lipinski definition) is 4. The summed E-state index contributed by atoms with van der Waals surface area (Å²) in [5.74, 6) is 1.26. The molecule has 0 aliphatic carbocycles. The first-order valence-electron chi connectivity index (χ1n) is 5.27. The van der Waals surface area contributed by atoms with Crippen molar-refractivity contribution in [1.29, 1.82) is 0 Å². The molecule has 82 valence electrons. The lowest BCUT2D eigenvalue weighted by molar-refractivity contribution is -0.143. The third-order valence-corrected chi connectivity index (χ3v) is 5.20. The second-order valence-electron chi connectivity index (χ2n) is 3.38. The van der Waals surface area contributed by atoms with Crippen LogP contribution in [-0.2, 0) is 9.53 Å². The Kier molecular flexibility index (Phi) is 6.52. The summed E-state index contributed by atoms with van der Waals surface area (Å²) in [6, 6.07) is 0. The molecule has 1 aliphatic rings. The minimum atomic E-state index is -0.0408. The van der Waals surface area contributed by atoms with Gasteiger partial charge < -0.3 is 4.74 Å². The molecule has 1 rings (SSSR count). The van der Waals surface area contributed by atoms with Crippen LogP contribution in [0.25, 0.3) is 0 Å². The van der Waals surface area contributed by atoms with Gasteiger partial charge in [-0.25, -0.2) is 0 Å². The fourth-order valence-electron chi connectivity index (χ4n) is 1.44. The van der Waals surface area contributed by atoms with Crippen LogP contribution in [0, 0.1) is 0 Å². The van der Waals surface area contributed by atoms with E-state index in [1.54, 1.807) is 0 Å². The molecule has 0 spiro atoms. The van der Waals surface area contributed by atoms with Crippen molar-refractivity contribution in [3.05, 3.63) is 0 Å². The van der Waals surface area contributed by atoms with Crippen LogP contribution in [0.1, 0.15) is 39.0 Å². The summed E-state index contributed by atoms with van der Waals surface area (Å²) in [7, 11) is 3.99. The summed E-state index contributed by atoms with van der Waals surface area (Å²) >= 11 is 0. The van der Waals surface area contributed by atoms with E-state index in [9.17, 15) is 4.79 Å². The topological polar surface area (TPSA) is 26.3 Å². The van der Waals surface area contributed by atoms with E-state index < -0.39 is 0 Å². The van der Waals surface area contributed by atoms with Gasteiger partial charge >= 0.3 is 5.97 Å². The molecule has 0 bridgehead atoms. The molecule has 1 atom stereocenters. The van der Waals surface area contributed by atoms with Crippen LogP contribution in [0.5, 0.6) is 0 Å². The average Bonchev–Trinajstić information content (AvgIpc) is 2.65. The lowest BCUT2D eigenvalue weighted by Gasteiger charge is -2.06. The van der Waals surface area contributed by atoms with Gasteiger partial charge in [-0.1, -0.05) is 28.0 Å². The number of unbranched alkanes of at least 4 members (excludes halogenated alkanes) is 1. The molecule has 1 fully saturated rings. The molecule has 0 saturated carbocycles. The third-order valence-electron chi connectivity index (χ3n) is 2.19. The quantitative estimate of drug-likeness (QED) is 0.400. The number of carbonyl (C=O) groups is 1. The number of carbonyl (C=O) groups excluding carboxylic acids is 1. The van der Waals surface area contributed by atoms with Crippen molar-refractivity contribution in [3.63, 3.8) is 0 Å². The van der Waals surface area contributed by atoms with E-state index in [-0.39, 0.29) is 5.97 Å². The summed E-state index contributed by atoms with van der Waals surface area (Å²) in [5, 5.41) is 0.835. The van der Waals surface area contributed by atoms with Gasteiger partial charge in [0.2, 0.25) is 0 Å². The highest BCUT2D eigenvalue weighted by atomic mass is 33.1. The Morgan fingerprint density at radius 1 is 1.50 bits per heavy atom. The van der Waals surface area contributed by atoms with Crippen LogP contribution in [-0.4, -0.2) is 23.6 Å². The Bertz CT molecular complexity index is 168. The molecule has 0 aromatic rings. The number of hydrogen-bond donors (Lipinski definition) is 0. The molecule has 2 nitrogen and oxygen atoms in total. The maximum absolute atomic E-state index is 11.0. The van der Waals surface area contributed by atoms with Crippen LogP contribution in [0.2, 0.25) is 0 Å². The Hall–Kier alpha value is 0.170. The first kappa shape index (κ1) is 12.2. The molecular weight excluding hydrogens is 216 g/mol. The summed E-state index contributed by atoms with van der Waals surface area (Å²) in [4.78, 5) is 11.0. The standard InChI is InChI=1S/C10H18O2S2/c1-2-12-10(11)6-4-3-5-9-7-8-13-14-9/h9H,2-8H2,1H3/t9-/m1/s1. The second-order valence-corrected chi connectivity index (χ2v) is 6.17. The lowest BCUT2D eigenvalue weighted by Crippen LogP contribution is -2.04. The molecule has 14 heavy (non-hydrogen) atoms. The van der Waals surface area contributed by atoms with Crippen LogP contribution in [0.4, 0.5) is 0 Å². The summed E-state index contributed by atoms with van der Waals surface area (Å²) in [6.45, 7) is 2.36. The fourth-order valence-corrected chi connectivity index (χ4v) is 4.47. The monoisotopic (exact) mass is 234 g/mol. The minimum Gasteiger partial charge on any atom is -0.466 e. The van der Waals surface area contributed by atoms with Crippen molar-refractivity contribution in [3.8, 4) is 0 Å². The van der Waals surface area contributed by atoms with E-state index in [1.807, 2.05) is 28.5 Å². The first-order valence-corrected chi connectivity index (χ1v) is 7.65. The normalized spacial score (nSPS) is 21.1. The van der Waals surface area contributed by atoms with Gasteiger partial charge in [-0.3, -0.25) is 4.79 Å². The van der Waals surface area contributed by atoms with Crippen molar-refractivity contribution < 1.29 is 9.53 Å². The van der Waals surface area contributed by atoms with E-state index in [1.165, 1.54) is 18.6 Å². The molecule has 0 amide bonds. The van der Waals surface area contributed by atoms with Crippen molar-refractivity contribution in [2.45, 2.75) is 44.3 Å². The zero-order chi connectivity index (χ0) is 10.2. The smallest absolute Gasteiger partial charge is 0.305 e. The van der Waals surface area contributed by atoms with Gasteiger partial charge in [0.25, 0.3) is 0 Å². The molecule has 1 heterocycles. The van der Waals surface area contributed by atoms with Gasteiger partial charge in [0, 0.05) is 17.4 Å². The Morgan fingerprint density at radius 2 is 2.36 bits per heavy atom. The highest BCUT2D eigenvalue weighted by Gasteiger charge is 2.15. The first-order chi connectivity index (χ1) is 6.83. The van der Waals surface area contributed by atoms with Gasteiger partial charge in [0.15, 0.2) is 0 Å². The molecule has 0 aromatic heterocycles. The Balaban J connectivity index is 1.90. The van der Waals surface area contributed by atoms with E-state index in [4.69, 9.17) is 4.74 Å². The molecule has 0 N–H and O–H groups in total. The van der Waals surface area contributed by atoms with E-state index in [0.717, 1.165) is 18.1 Å². The Labute approximate surface area is 93.9 Å². The third kappa shape index (κ3) is 5.15. The second kappa shape index (κ2) is 7.46. The minimum absolute atomic E-state index is 0.0408. The van der Waals surface area contributed by atoms with Crippen molar-refractivity contribution in [2.24, 2.45) is 0 Å². The zero-order valence-corrected chi connectivity index (χ0v) is 10.3. The van der Waals surface area contributed by atoms with Crippen LogP contribution in [0.15, 0.2) is 0 Å². The maximum Gasteiger partial charge on any atom is 0.305 e. The van der Waals surface area contributed by atoms with Crippen LogP contribution < -0.4 is 0 Å². The van der Waals surface area contributed by atoms with Crippen LogP contribution >= 0.6 is 21.6 Å². The summed E-state index contributed by atoms with van der Waals surface area (Å²) in [5.41, 5.74) is 0. The highest BCUT2D eigenvalue weighted by Crippen LogP contribution is 2.39.